The summed E-state index contributed by atoms with van der Waals surface area (Å²) in [4.78, 5) is 53.5. The first kappa shape index (κ1) is 23.8. The van der Waals surface area contributed by atoms with Gasteiger partial charge in [0.2, 0.25) is 11.8 Å². The second kappa shape index (κ2) is 9.63. The quantitative estimate of drug-likeness (QED) is 0.443. The number of imide groups is 1. The van der Waals surface area contributed by atoms with E-state index in [0.29, 0.717) is 5.02 Å². The highest BCUT2D eigenvalue weighted by molar-refractivity contribution is 6.35. The lowest BCUT2D eigenvalue weighted by Crippen LogP contribution is -2.48. The van der Waals surface area contributed by atoms with Gasteiger partial charge >= 0.3 is 5.97 Å². The number of hydrogen-bond acceptors (Lipinski definition) is 5. The molecule has 2 bridgehead atoms. The lowest BCUT2D eigenvalue weighted by atomic mass is 9.81. The van der Waals surface area contributed by atoms with Crippen molar-refractivity contribution in [3.63, 3.8) is 0 Å². The fourth-order valence-electron chi connectivity index (χ4n) is 5.87. The van der Waals surface area contributed by atoms with Crippen LogP contribution in [0, 0.1) is 23.7 Å². The van der Waals surface area contributed by atoms with Crippen molar-refractivity contribution >= 4 is 52.6 Å². The molecule has 3 amide bonds. The molecule has 1 heterocycles. The van der Waals surface area contributed by atoms with Crippen molar-refractivity contribution in [3.8, 4) is 0 Å². The first-order valence-electron chi connectivity index (χ1n) is 11.7. The molecule has 1 N–H and O–H groups in total. The molecule has 0 aromatic heterocycles. The Hall–Kier alpha value is -2.90. The normalized spacial score (nSPS) is 25.5. The Morgan fingerprint density at radius 2 is 1.66 bits per heavy atom. The predicted molar refractivity (Wildman–Crippen MR) is 130 cm³/mol. The number of nitrogens with one attached hydrogen (secondary N) is 1. The Morgan fingerprint density at radius 3 is 2.31 bits per heavy atom. The molecule has 0 radical (unpaired) electrons. The van der Waals surface area contributed by atoms with E-state index >= 15 is 0 Å². The first-order valence-corrected chi connectivity index (χ1v) is 12.4. The average Bonchev–Trinajstić information content (AvgIpc) is 3.53. The van der Waals surface area contributed by atoms with Gasteiger partial charge in [0.15, 0.2) is 6.61 Å². The van der Waals surface area contributed by atoms with Crippen molar-refractivity contribution < 1.29 is 23.9 Å². The zero-order chi connectivity index (χ0) is 24.7. The number of nitrogens with zero attached hydrogens (tertiary/aromatic N) is 1. The van der Waals surface area contributed by atoms with Crippen LogP contribution in [0.1, 0.15) is 24.8 Å². The minimum Gasteiger partial charge on any atom is -0.454 e. The lowest BCUT2D eigenvalue weighted by Gasteiger charge is -2.26. The second-order valence-corrected chi connectivity index (χ2v) is 10.3. The van der Waals surface area contributed by atoms with Crippen LogP contribution < -0.4 is 5.32 Å². The second-order valence-electron chi connectivity index (χ2n) is 9.42. The summed E-state index contributed by atoms with van der Waals surface area (Å²) >= 11 is 12.0. The molecular formula is C26H24Cl2N2O5. The molecule has 2 aromatic carbocycles. The van der Waals surface area contributed by atoms with Crippen LogP contribution in [0.2, 0.25) is 10.0 Å². The van der Waals surface area contributed by atoms with Gasteiger partial charge in [0.25, 0.3) is 5.91 Å². The Labute approximate surface area is 212 Å². The lowest BCUT2D eigenvalue weighted by molar-refractivity contribution is -0.160. The molecule has 5 rings (SSSR count). The van der Waals surface area contributed by atoms with Crippen LogP contribution in [0.15, 0.2) is 48.5 Å². The Bertz CT molecular complexity index is 1160. The summed E-state index contributed by atoms with van der Waals surface area (Å²) in [5.74, 6) is -2.28. The smallest absolute Gasteiger partial charge is 0.330 e. The molecule has 182 valence electrons. The Kier molecular flexibility index (Phi) is 6.55. The van der Waals surface area contributed by atoms with Gasteiger partial charge in [-0.25, -0.2) is 4.79 Å². The summed E-state index contributed by atoms with van der Waals surface area (Å²) in [6.07, 6.45) is 2.91. The van der Waals surface area contributed by atoms with E-state index in [1.54, 1.807) is 6.07 Å². The number of fused-ring (bicyclic) bond motifs is 5. The van der Waals surface area contributed by atoms with Gasteiger partial charge in [-0.3, -0.25) is 19.3 Å². The number of anilines is 1. The van der Waals surface area contributed by atoms with E-state index in [4.69, 9.17) is 27.9 Å². The van der Waals surface area contributed by atoms with Gasteiger partial charge in [0, 0.05) is 11.4 Å². The van der Waals surface area contributed by atoms with Gasteiger partial charge in [-0.05, 0) is 54.9 Å². The van der Waals surface area contributed by atoms with Crippen LogP contribution >= 0.6 is 23.2 Å². The van der Waals surface area contributed by atoms with Crippen molar-refractivity contribution in [1.82, 2.24) is 4.90 Å². The summed E-state index contributed by atoms with van der Waals surface area (Å²) in [5, 5.41) is 3.22. The van der Waals surface area contributed by atoms with Gasteiger partial charge in [-0.15, -0.1) is 0 Å². The molecule has 2 saturated carbocycles. The summed E-state index contributed by atoms with van der Waals surface area (Å²) in [6, 6.07) is 12.6. The number of ether oxygens (including phenoxy) is 1. The summed E-state index contributed by atoms with van der Waals surface area (Å²) in [6.45, 7) is -0.596. The van der Waals surface area contributed by atoms with E-state index < -0.39 is 24.5 Å². The maximum Gasteiger partial charge on any atom is 0.330 e. The van der Waals surface area contributed by atoms with Gasteiger partial charge in [-0.2, -0.15) is 0 Å². The minimum absolute atomic E-state index is 0.119. The molecule has 3 aliphatic rings. The van der Waals surface area contributed by atoms with Crippen LogP contribution in [-0.2, 0) is 30.3 Å². The van der Waals surface area contributed by atoms with Crippen LogP contribution in [0.5, 0.6) is 0 Å². The van der Waals surface area contributed by atoms with Crippen molar-refractivity contribution in [1.29, 1.82) is 0 Å². The molecule has 7 nitrogen and oxygen atoms in total. The number of halogens is 2. The SMILES string of the molecule is O=C(COC(=O)[C@H](Cc1ccccc1)N1C(=O)[C@@H]2[C@H]3CC[C@@H](C3)[C@H]2C1=O)Nc1cc(Cl)ccc1Cl. The highest BCUT2D eigenvalue weighted by atomic mass is 35.5. The summed E-state index contributed by atoms with van der Waals surface area (Å²) in [5.41, 5.74) is 1.07. The molecule has 0 unspecified atom stereocenters. The Morgan fingerprint density at radius 1 is 1.00 bits per heavy atom. The monoisotopic (exact) mass is 514 g/mol. The molecule has 9 heteroatoms. The van der Waals surface area contributed by atoms with Crippen molar-refractivity contribution in [2.24, 2.45) is 23.7 Å². The number of rotatable bonds is 7. The van der Waals surface area contributed by atoms with E-state index in [2.05, 4.69) is 5.32 Å². The molecular weight excluding hydrogens is 491 g/mol. The summed E-state index contributed by atoms with van der Waals surface area (Å²) in [7, 11) is 0. The number of benzene rings is 2. The van der Waals surface area contributed by atoms with Crippen molar-refractivity contribution in [2.45, 2.75) is 31.7 Å². The fraction of sp³-hybridized carbons (Fsp3) is 0.385. The number of likely N-dealkylation sites (tertiary alicyclic amines) is 1. The Balaban J connectivity index is 1.32. The highest BCUT2D eigenvalue weighted by Gasteiger charge is 2.62. The molecule has 35 heavy (non-hydrogen) atoms. The fourth-order valence-corrected chi connectivity index (χ4v) is 6.21. The molecule has 1 aliphatic heterocycles. The van der Waals surface area contributed by atoms with E-state index in [1.807, 2.05) is 30.3 Å². The largest absolute Gasteiger partial charge is 0.454 e. The van der Waals surface area contributed by atoms with E-state index in [0.717, 1.165) is 29.7 Å². The van der Waals surface area contributed by atoms with Gasteiger partial charge in [-0.1, -0.05) is 53.5 Å². The average molecular weight is 515 g/mol. The highest BCUT2D eigenvalue weighted by Crippen LogP contribution is 2.56. The zero-order valence-electron chi connectivity index (χ0n) is 18.8. The molecule has 5 atom stereocenters. The molecule has 2 aromatic rings. The third-order valence-electron chi connectivity index (χ3n) is 7.37. The van der Waals surface area contributed by atoms with Crippen molar-refractivity contribution in [2.75, 3.05) is 11.9 Å². The zero-order valence-corrected chi connectivity index (χ0v) is 20.3. The first-order chi connectivity index (χ1) is 16.8. The van der Waals surface area contributed by atoms with Gasteiger partial charge in [0.1, 0.15) is 6.04 Å². The van der Waals surface area contributed by atoms with Crippen LogP contribution in [-0.4, -0.2) is 41.2 Å². The molecule has 0 spiro atoms. The van der Waals surface area contributed by atoms with Gasteiger partial charge in [0.05, 0.1) is 22.5 Å². The number of carbonyl (C=O) groups excluding carboxylic acids is 4. The number of carbonyl (C=O) groups is 4. The van der Waals surface area contributed by atoms with Gasteiger partial charge < -0.3 is 10.1 Å². The van der Waals surface area contributed by atoms with E-state index in [1.165, 1.54) is 12.1 Å². The topological polar surface area (TPSA) is 92.8 Å². The maximum absolute atomic E-state index is 13.4. The summed E-state index contributed by atoms with van der Waals surface area (Å²) < 4.78 is 5.31. The van der Waals surface area contributed by atoms with E-state index in [-0.39, 0.29) is 52.6 Å². The third kappa shape index (κ3) is 4.55. The number of esters is 1. The third-order valence-corrected chi connectivity index (χ3v) is 7.93. The maximum atomic E-state index is 13.4. The van der Waals surface area contributed by atoms with Crippen LogP contribution in [0.4, 0.5) is 5.69 Å². The van der Waals surface area contributed by atoms with Crippen LogP contribution in [0.25, 0.3) is 0 Å². The van der Waals surface area contributed by atoms with Crippen molar-refractivity contribution in [3.05, 3.63) is 64.1 Å². The minimum atomic E-state index is -1.13. The standard InChI is InChI=1S/C26H24Cl2N2O5/c27-17-8-9-18(28)19(12-17)29-21(31)13-35-26(34)20(10-14-4-2-1-3-5-14)30-24(32)22-15-6-7-16(11-15)23(22)25(30)33/h1-5,8-9,12,15-16,20,22-23H,6-7,10-11,13H2,(H,29,31)/t15-,16-,20-,22+,23+/m0/s1. The van der Waals surface area contributed by atoms with E-state index in [9.17, 15) is 19.2 Å². The predicted octanol–water partition coefficient (Wildman–Crippen LogP) is 4.12. The molecule has 2 aliphatic carbocycles. The molecule has 3 fully saturated rings. The number of amides is 3. The molecule has 1 saturated heterocycles. The number of hydrogen-bond donors (Lipinski definition) is 1. The van der Waals surface area contributed by atoms with Crippen LogP contribution in [0.3, 0.4) is 0 Å².